The molecule has 0 aliphatic carbocycles. The quantitative estimate of drug-likeness (QED) is 0.751. The first-order valence-electron chi connectivity index (χ1n) is 5.82. The van der Waals surface area contributed by atoms with Gasteiger partial charge in [0, 0.05) is 20.7 Å². The van der Waals surface area contributed by atoms with Crippen molar-refractivity contribution in [2.75, 3.05) is 20.3 Å². The lowest BCUT2D eigenvalue weighted by atomic mass is 10.1. The third-order valence-corrected chi connectivity index (χ3v) is 4.46. The summed E-state index contributed by atoms with van der Waals surface area (Å²) in [6.45, 7) is 4.73. The van der Waals surface area contributed by atoms with Crippen molar-refractivity contribution in [3.63, 3.8) is 0 Å². The van der Waals surface area contributed by atoms with Crippen LogP contribution in [0.5, 0.6) is 0 Å². The highest BCUT2D eigenvalue weighted by Crippen LogP contribution is 2.18. The van der Waals surface area contributed by atoms with Gasteiger partial charge in [0.05, 0.1) is 23.6 Å². The van der Waals surface area contributed by atoms with Crippen LogP contribution in [0.2, 0.25) is 0 Å². The third kappa shape index (κ3) is 3.75. The molecule has 0 unspecified atom stereocenters. The first kappa shape index (κ1) is 16.1. The molecule has 0 aliphatic heterocycles. The average Bonchev–Trinajstić information content (AvgIpc) is 2.51. The topological polar surface area (TPSA) is 93.4 Å². The summed E-state index contributed by atoms with van der Waals surface area (Å²) in [5, 5.41) is 14.0. The number of rotatable bonds is 6. The molecule has 19 heavy (non-hydrogen) atoms. The molecule has 1 aromatic heterocycles. The Hall–Kier alpha value is -0.960. The second kappa shape index (κ2) is 5.58. The zero-order valence-electron chi connectivity index (χ0n) is 11.9. The molecule has 0 radical (unpaired) electrons. The fourth-order valence-electron chi connectivity index (χ4n) is 1.83. The molecular weight excluding hydrogens is 270 g/mol. The first-order valence-corrected chi connectivity index (χ1v) is 7.30. The van der Waals surface area contributed by atoms with Crippen molar-refractivity contribution in [1.29, 1.82) is 0 Å². The molecule has 0 spiro atoms. The van der Waals surface area contributed by atoms with Crippen LogP contribution in [0.15, 0.2) is 4.90 Å². The summed E-state index contributed by atoms with van der Waals surface area (Å²) in [6.07, 6.45) is 0. The molecule has 0 saturated heterocycles. The van der Waals surface area contributed by atoms with Crippen molar-refractivity contribution in [1.82, 2.24) is 14.5 Å². The molecule has 2 N–H and O–H groups in total. The first-order chi connectivity index (χ1) is 8.60. The lowest BCUT2D eigenvalue weighted by Gasteiger charge is -2.22. The van der Waals surface area contributed by atoms with Crippen LogP contribution in [0, 0.1) is 13.8 Å². The molecule has 1 aromatic rings. The molecule has 0 aromatic carbocycles. The lowest BCUT2D eigenvalue weighted by molar-refractivity contribution is -0.0119. The van der Waals surface area contributed by atoms with Gasteiger partial charge in [0.25, 0.3) is 0 Å². The van der Waals surface area contributed by atoms with Crippen molar-refractivity contribution in [3.05, 3.63) is 11.4 Å². The maximum atomic E-state index is 12.2. The Morgan fingerprint density at radius 2 is 2.05 bits per heavy atom. The van der Waals surface area contributed by atoms with Gasteiger partial charge < -0.3 is 9.84 Å². The average molecular weight is 291 g/mol. The number of hydrogen-bond donors (Lipinski definition) is 2. The minimum absolute atomic E-state index is 0.0422. The van der Waals surface area contributed by atoms with E-state index in [0.717, 1.165) is 0 Å². The maximum Gasteiger partial charge on any atom is 0.244 e. The molecule has 1 atom stereocenters. The number of ether oxygens (including phenoxy) is 1. The Balaban J connectivity index is 2.94. The number of sulfonamides is 1. The number of hydrogen-bond acceptors (Lipinski definition) is 5. The van der Waals surface area contributed by atoms with Crippen molar-refractivity contribution in [3.8, 4) is 0 Å². The highest BCUT2D eigenvalue weighted by Gasteiger charge is 2.28. The summed E-state index contributed by atoms with van der Waals surface area (Å²) in [6, 6.07) is 0. The highest BCUT2D eigenvalue weighted by molar-refractivity contribution is 7.89. The third-order valence-electron chi connectivity index (χ3n) is 2.81. The Kier molecular flexibility index (Phi) is 4.72. The Bertz CT molecular complexity index is 549. The summed E-state index contributed by atoms with van der Waals surface area (Å²) in [7, 11) is -0.575. The summed E-state index contributed by atoms with van der Waals surface area (Å²) >= 11 is 0. The van der Waals surface area contributed by atoms with E-state index < -0.39 is 15.6 Å². The normalized spacial score (nSPS) is 15.5. The number of methoxy groups -OCH3 is 1. The van der Waals surface area contributed by atoms with E-state index >= 15 is 0 Å². The van der Waals surface area contributed by atoms with Crippen molar-refractivity contribution in [2.24, 2.45) is 7.05 Å². The predicted molar refractivity (Wildman–Crippen MR) is 70.4 cm³/mol. The summed E-state index contributed by atoms with van der Waals surface area (Å²) in [5.41, 5.74) is -0.276. The van der Waals surface area contributed by atoms with Crippen LogP contribution in [0.1, 0.15) is 18.3 Å². The van der Waals surface area contributed by atoms with E-state index in [9.17, 15) is 13.5 Å². The van der Waals surface area contributed by atoms with Crippen LogP contribution in [-0.2, 0) is 21.8 Å². The fraction of sp³-hybridized carbons (Fsp3) is 0.727. The predicted octanol–water partition coefficient (Wildman–Crippen LogP) is -0.287. The van der Waals surface area contributed by atoms with Gasteiger partial charge in [0.1, 0.15) is 4.90 Å². The fourth-order valence-corrected chi connectivity index (χ4v) is 3.42. The molecular formula is C11H21N3O4S. The second-order valence-electron chi connectivity index (χ2n) is 4.88. The van der Waals surface area contributed by atoms with Gasteiger partial charge in [-0.2, -0.15) is 5.10 Å². The molecule has 8 heteroatoms. The molecule has 7 nitrogen and oxygen atoms in total. The van der Waals surface area contributed by atoms with Gasteiger partial charge in [-0.25, -0.2) is 13.1 Å². The summed E-state index contributed by atoms with van der Waals surface area (Å²) in [5.74, 6) is 0. The Morgan fingerprint density at radius 3 is 2.47 bits per heavy atom. The zero-order valence-corrected chi connectivity index (χ0v) is 12.7. The van der Waals surface area contributed by atoms with Crippen LogP contribution < -0.4 is 4.72 Å². The smallest absolute Gasteiger partial charge is 0.244 e. The van der Waals surface area contributed by atoms with E-state index in [4.69, 9.17) is 4.74 Å². The highest BCUT2D eigenvalue weighted by atomic mass is 32.2. The van der Waals surface area contributed by atoms with Gasteiger partial charge in [-0.3, -0.25) is 4.68 Å². The van der Waals surface area contributed by atoms with E-state index in [1.54, 1.807) is 20.9 Å². The Labute approximate surface area is 113 Å². The molecule has 0 aliphatic rings. The summed E-state index contributed by atoms with van der Waals surface area (Å²) < 4.78 is 33.2. The van der Waals surface area contributed by atoms with E-state index in [-0.39, 0.29) is 18.0 Å². The molecule has 1 heterocycles. The second-order valence-corrected chi connectivity index (χ2v) is 6.58. The minimum Gasteiger partial charge on any atom is -0.386 e. The van der Waals surface area contributed by atoms with E-state index in [1.807, 2.05) is 0 Å². The van der Waals surface area contributed by atoms with Gasteiger partial charge in [-0.05, 0) is 20.8 Å². The molecule has 0 fully saturated rings. The van der Waals surface area contributed by atoms with E-state index in [0.29, 0.717) is 11.4 Å². The van der Waals surface area contributed by atoms with Gasteiger partial charge in [-0.1, -0.05) is 0 Å². The molecule has 1 rings (SSSR count). The lowest BCUT2D eigenvalue weighted by Crippen LogP contribution is -2.43. The number of nitrogens with one attached hydrogen (secondary N) is 1. The molecule has 110 valence electrons. The molecule has 0 saturated carbocycles. The largest absolute Gasteiger partial charge is 0.386 e. The maximum absolute atomic E-state index is 12.2. The number of aryl methyl sites for hydroxylation is 2. The van der Waals surface area contributed by atoms with E-state index in [2.05, 4.69) is 9.82 Å². The zero-order chi connectivity index (χ0) is 14.8. The van der Waals surface area contributed by atoms with Gasteiger partial charge in [0.2, 0.25) is 10.0 Å². The van der Waals surface area contributed by atoms with Crippen LogP contribution >= 0.6 is 0 Å². The van der Waals surface area contributed by atoms with Gasteiger partial charge in [0.15, 0.2) is 0 Å². The van der Waals surface area contributed by atoms with Crippen LogP contribution in [-0.4, -0.2) is 49.2 Å². The van der Waals surface area contributed by atoms with Gasteiger partial charge >= 0.3 is 0 Å². The van der Waals surface area contributed by atoms with E-state index in [1.165, 1.54) is 18.7 Å². The standard InChI is InChI=1S/C11H21N3O4S/c1-8-10(9(2)14(4)13-8)19(16,17)12-6-11(3,15)7-18-5/h12,15H,6-7H2,1-5H3/t11-/m0/s1. The number of aliphatic hydroxyl groups is 1. The van der Waals surface area contributed by atoms with Crippen molar-refractivity contribution >= 4 is 10.0 Å². The van der Waals surface area contributed by atoms with Gasteiger partial charge in [-0.15, -0.1) is 0 Å². The number of aromatic nitrogens is 2. The van der Waals surface area contributed by atoms with Crippen LogP contribution in [0.25, 0.3) is 0 Å². The monoisotopic (exact) mass is 291 g/mol. The minimum atomic E-state index is -3.70. The Morgan fingerprint density at radius 1 is 1.47 bits per heavy atom. The molecule has 0 bridgehead atoms. The van der Waals surface area contributed by atoms with Crippen molar-refractivity contribution in [2.45, 2.75) is 31.3 Å². The van der Waals surface area contributed by atoms with Crippen LogP contribution in [0.4, 0.5) is 0 Å². The SMILES string of the molecule is COC[C@@](C)(O)CNS(=O)(=O)c1c(C)nn(C)c1C. The summed E-state index contributed by atoms with van der Waals surface area (Å²) in [4.78, 5) is 0.156. The van der Waals surface area contributed by atoms with Crippen molar-refractivity contribution < 1.29 is 18.3 Å². The van der Waals surface area contributed by atoms with Crippen LogP contribution in [0.3, 0.4) is 0 Å². The molecule has 0 amide bonds. The number of nitrogens with zero attached hydrogens (tertiary/aromatic N) is 2.